The van der Waals surface area contributed by atoms with Gasteiger partial charge in [-0.2, -0.15) is 10.2 Å². The van der Waals surface area contributed by atoms with Crippen LogP contribution in [0.3, 0.4) is 0 Å². The molecule has 0 saturated heterocycles. The molecule has 4 aromatic carbocycles. The van der Waals surface area contributed by atoms with E-state index in [9.17, 15) is 5.26 Å². The van der Waals surface area contributed by atoms with E-state index in [1.165, 1.54) is 13.2 Å². The first-order valence-electron chi connectivity index (χ1n) is 14.8. The van der Waals surface area contributed by atoms with Gasteiger partial charge in [0.25, 0.3) is 0 Å². The summed E-state index contributed by atoms with van der Waals surface area (Å²) in [7, 11) is 1.52. The molecule has 15 heteroatoms. The maximum absolute atomic E-state index is 9.27. The molecule has 2 aromatic heterocycles. The van der Waals surface area contributed by atoms with Gasteiger partial charge in [0.15, 0.2) is 17.3 Å². The van der Waals surface area contributed by atoms with Gasteiger partial charge in [-0.25, -0.2) is 9.97 Å². The molecule has 0 unspecified atom stereocenters. The molecule has 2 heterocycles. The Morgan fingerprint density at radius 1 is 0.880 bits per heavy atom. The van der Waals surface area contributed by atoms with Crippen LogP contribution < -0.4 is 32.0 Å². The molecular formula is C35H29N11O4. The van der Waals surface area contributed by atoms with E-state index in [0.29, 0.717) is 67.1 Å². The standard InChI is InChI=1S/C35H29N11O4/c1-48-28-13-25-27(44-35(41)45-34(25)42-22-4-2-3-18(11-22)16-36)15-29(28)49-17-19-5-10-23-24(14-30(37)43-26(23)12-19)33(40)50-32(39)21-8-6-20(7-9-21)31(38)46-47/h2-15,39-40,47H,17H2,1H3,(H2,37,43)(H2,38,46)(H3,41,42,44,45). The molecule has 6 aromatic rings. The molecule has 248 valence electrons. The Hall–Kier alpha value is -7.47. The lowest BCUT2D eigenvalue weighted by molar-refractivity contribution is 0.285. The highest BCUT2D eigenvalue weighted by Crippen LogP contribution is 2.36. The zero-order valence-electron chi connectivity index (χ0n) is 26.4. The van der Waals surface area contributed by atoms with Gasteiger partial charge < -0.3 is 41.9 Å². The van der Waals surface area contributed by atoms with E-state index < -0.39 is 0 Å². The summed E-state index contributed by atoms with van der Waals surface area (Å²) in [5, 5.41) is 42.5. The molecule has 0 saturated carbocycles. The number of nitriles is 1. The monoisotopic (exact) mass is 667 g/mol. The number of ether oxygens (including phenoxy) is 3. The molecule has 0 aliphatic carbocycles. The molecule has 0 amide bonds. The number of nitrogens with two attached hydrogens (primary N) is 3. The van der Waals surface area contributed by atoms with Crippen LogP contribution in [-0.2, 0) is 11.3 Å². The average Bonchev–Trinajstić information content (AvgIpc) is 3.12. The van der Waals surface area contributed by atoms with Crippen molar-refractivity contribution in [2.75, 3.05) is 23.9 Å². The number of nitrogens with zero attached hydrogens (tertiary/aromatic N) is 5. The summed E-state index contributed by atoms with van der Waals surface area (Å²) in [5.41, 5.74) is 21.8. The molecule has 0 bridgehead atoms. The largest absolute Gasteiger partial charge is 0.493 e. The summed E-state index contributed by atoms with van der Waals surface area (Å²) in [6.45, 7) is 0.121. The second-order valence-corrected chi connectivity index (χ2v) is 10.8. The number of aromatic nitrogens is 3. The Labute approximate surface area is 284 Å². The number of methoxy groups -OCH3 is 1. The molecule has 0 spiro atoms. The van der Waals surface area contributed by atoms with Crippen LogP contribution in [0.1, 0.15) is 27.8 Å². The van der Waals surface area contributed by atoms with Gasteiger partial charge in [-0.15, -0.1) is 0 Å². The number of nitrogen functional groups attached to an aromatic ring is 2. The van der Waals surface area contributed by atoms with E-state index in [2.05, 4.69) is 31.5 Å². The van der Waals surface area contributed by atoms with Crippen LogP contribution in [0, 0.1) is 22.1 Å². The zero-order valence-corrected chi connectivity index (χ0v) is 26.4. The average molecular weight is 668 g/mol. The summed E-state index contributed by atoms with van der Waals surface area (Å²) in [5.74, 6) is 0.826. The van der Waals surface area contributed by atoms with Gasteiger partial charge in [0.1, 0.15) is 18.2 Å². The number of nitrogens with one attached hydrogen (secondary N) is 3. The van der Waals surface area contributed by atoms with Crippen LogP contribution in [0.5, 0.6) is 11.5 Å². The predicted octanol–water partition coefficient (Wildman–Crippen LogP) is 5.01. The number of hydrogen-bond donors (Lipinski definition) is 7. The van der Waals surface area contributed by atoms with Crippen molar-refractivity contribution in [3.63, 3.8) is 0 Å². The molecular weight excluding hydrogens is 638 g/mol. The summed E-state index contributed by atoms with van der Waals surface area (Å²) < 4.78 is 17.4. The minimum absolute atomic E-state index is 0.0438. The quantitative estimate of drug-likeness (QED) is 0.0464. The minimum Gasteiger partial charge on any atom is -0.493 e. The van der Waals surface area contributed by atoms with Crippen molar-refractivity contribution < 1.29 is 19.4 Å². The van der Waals surface area contributed by atoms with Crippen molar-refractivity contribution in [1.82, 2.24) is 15.0 Å². The van der Waals surface area contributed by atoms with E-state index in [1.54, 1.807) is 66.7 Å². The van der Waals surface area contributed by atoms with Crippen LogP contribution in [0.2, 0.25) is 0 Å². The second-order valence-electron chi connectivity index (χ2n) is 10.8. The molecule has 10 N–H and O–H groups in total. The number of benzene rings is 4. The molecule has 0 atom stereocenters. The number of anilines is 4. The van der Waals surface area contributed by atoms with Crippen molar-refractivity contribution in [1.29, 1.82) is 16.1 Å². The Bertz CT molecular complexity index is 2370. The van der Waals surface area contributed by atoms with Gasteiger partial charge in [-0.3, -0.25) is 10.8 Å². The lowest BCUT2D eigenvalue weighted by Gasteiger charge is -2.15. The fourth-order valence-electron chi connectivity index (χ4n) is 5.12. The first-order valence-corrected chi connectivity index (χ1v) is 14.8. The van der Waals surface area contributed by atoms with E-state index >= 15 is 0 Å². The van der Waals surface area contributed by atoms with Gasteiger partial charge in [0, 0.05) is 39.2 Å². The van der Waals surface area contributed by atoms with E-state index in [0.717, 1.165) is 5.56 Å². The van der Waals surface area contributed by atoms with Crippen molar-refractivity contribution in [2.45, 2.75) is 6.61 Å². The summed E-state index contributed by atoms with van der Waals surface area (Å²) in [4.78, 5) is 13.2. The van der Waals surface area contributed by atoms with E-state index in [1.807, 2.05) is 12.1 Å². The molecule has 6 rings (SSSR count). The zero-order chi connectivity index (χ0) is 35.4. The second kappa shape index (κ2) is 13.7. The van der Waals surface area contributed by atoms with Crippen LogP contribution in [0.4, 0.5) is 23.3 Å². The number of fused-ring (bicyclic) bond motifs is 2. The lowest BCUT2D eigenvalue weighted by Crippen LogP contribution is -2.15. The van der Waals surface area contributed by atoms with Gasteiger partial charge in [-0.05, 0) is 54.1 Å². The van der Waals surface area contributed by atoms with Crippen LogP contribution in [-0.4, -0.2) is 44.9 Å². The van der Waals surface area contributed by atoms with Crippen LogP contribution in [0.15, 0.2) is 90.1 Å². The number of rotatable bonds is 9. The third-order valence-electron chi connectivity index (χ3n) is 7.54. The Balaban J connectivity index is 1.22. The summed E-state index contributed by atoms with van der Waals surface area (Å²) in [6.07, 6.45) is 0. The predicted molar refractivity (Wildman–Crippen MR) is 189 cm³/mol. The molecule has 50 heavy (non-hydrogen) atoms. The topological polar surface area (TPSA) is 261 Å². The minimum atomic E-state index is -0.299. The van der Waals surface area contributed by atoms with Crippen LogP contribution >= 0.6 is 0 Å². The Morgan fingerprint density at radius 3 is 2.38 bits per heavy atom. The number of amidine groups is 1. The van der Waals surface area contributed by atoms with Gasteiger partial charge in [0.05, 0.1) is 29.8 Å². The Kier molecular flexibility index (Phi) is 8.91. The molecule has 0 radical (unpaired) electrons. The number of hydrogen-bond acceptors (Lipinski definition) is 14. The van der Waals surface area contributed by atoms with Crippen molar-refractivity contribution in [3.8, 4) is 17.6 Å². The van der Waals surface area contributed by atoms with Crippen molar-refractivity contribution in [3.05, 3.63) is 113 Å². The van der Waals surface area contributed by atoms with Gasteiger partial charge >= 0.3 is 0 Å². The first kappa shape index (κ1) is 32.5. The Morgan fingerprint density at radius 2 is 1.64 bits per heavy atom. The SMILES string of the molecule is COc1cc2c(Nc3cccc(C#N)c3)nc(N)nc2cc1OCc1ccc2c(C(=N)OC(=N)c3ccc(C(N)=NO)cc3)cc(N)nc2c1. The van der Waals surface area contributed by atoms with E-state index in [4.69, 9.17) is 47.4 Å². The third kappa shape index (κ3) is 6.80. The van der Waals surface area contributed by atoms with Crippen LogP contribution in [0.25, 0.3) is 21.8 Å². The maximum Gasteiger partial charge on any atom is 0.222 e. The molecule has 0 aliphatic heterocycles. The highest BCUT2D eigenvalue weighted by molar-refractivity contribution is 6.11. The maximum atomic E-state index is 9.27. The van der Waals surface area contributed by atoms with Crippen molar-refractivity contribution >= 4 is 62.7 Å². The van der Waals surface area contributed by atoms with Gasteiger partial charge in [0.2, 0.25) is 17.7 Å². The smallest absolute Gasteiger partial charge is 0.222 e. The normalized spacial score (nSPS) is 11.2. The molecule has 0 fully saturated rings. The highest BCUT2D eigenvalue weighted by atomic mass is 16.5. The van der Waals surface area contributed by atoms with Crippen molar-refractivity contribution in [2.24, 2.45) is 10.9 Å². The van der Waals surface area contributed by atoms with Gasteiger partial charge in [-0.1, -0.05) is 35.5 Å². The molecule has 15 nitrogen and oxygen atoms in total. The number of oxime groups is 1. The fraction of sp³-hybridized carbons (Fsp3) is 0.0571. The summed E-state index contributed by atoms with van der Waals surface area (Å²) in [6, 6.07) is 25.7. The third-order valence-corrected chi connectivity index (χ3v) is 7.54. The highest BCUT2D eigenvalue weighted by Gasteiger charge is 2.17. The van der Waals surface area contributed by atoms with E-state index in [-0.39, 0.29) is 36.0 Å². The molecule has 0 aliphatic rings. The number of pyridine rings is 1. The fourth-order valence-corrected chi connectivity index (χ4v) is 5.12. The lowest BCUT2D eigenvalue weighted by atomic mass is 10.1. The summed E-state index contributed by atoms with van der Waals surface area (Å²) >= 11 is 0. The first-order chi connectivity index (χ1) is 24.1.